The molecule has 0 saturated carbocycles. The van der Waals surface area contributed by atoms with Crippen molar-refractivity contribution in [3.05, 3.63) is 23.0 Å². The van der Waals surface area contributed by atoms with Crippen LogP contribution in [0.3, 0.4) is 0 Å². The highest BCUT2D eigenvalue weighted by molar-refractivity contribution is 7.92. The van der Waals surface area contributed by atoms with Gasteiger partial charge in [-0.3, -0.25) is 4.79 Å². The van der Waals surface area contributed by atoms with Crippen LogP contribution in [-0.2, 0) is 27.8 Å². The normalized spacial score (nSPS) is 23.8. The number of rotatable bonds is 1. The van der Waals surface area contributed by atoms with Crippen molar-refractivity contribution in [3.8, 4) is 5.75 Å². The highest BCUT2D eigenvalue weighted by Gasteiger charge is 2.38. The number of carbonyl (C=O) groups excluding carboxylic acids is 1. The first-order valence-corrected chi connectivity index (χ1v) is 8.33. The Morgan fingerprint density at radius 1 is 1.45 bits per heavy atom. The van der Waals surface area contributed by atoms with Crippen LogP contribution in [0.5, 0.6) is 5.75 Å². The van der Waals surface area contributed by atoms with Gasteiger partial charge in [0.2, 0.25) is 0 Å². The number of nitrogens with zero attached hydrogens (tertiary/aromatic N) is 1. The van der Waals surface area contributed by atoms with Crippen LogP contribution in [0.1, 0.15) is 18.1 Å². The Hall–Kier alpha value is -1.87. The fourth-order valence-electron chi connectivity index (χ4n) is 2.88. The van der Waals surface area contributed by atoms with Gasteiger partial charge in [-0.15, -0.1) is 0 Å². The van der Waals surface area contributed by atoms with Crippen molar-refractivity contribution in [2.45, 2.75) is 25.8 Å². The predicted molar refractivity (Wildman–Crippen MR) is 77.3 cm³/mol. The topological polar surface area (TPSA) is 98.7 Å². The molecule has 1 aromatic rings. The van der Waals surface area contributed by atoms with Crippen molar-refractivity contribution in [1.82, 2.24) is 10.0 Å². The molecule has 1 saturated heterocycles. The van der Waals surface area contributed by atoms with E-state index < -0.39 is 39.9 Å². The highest BCUT2D eigenvalue weighted by Crippen LogP contribution is 2.38. The van der Waals surface area contributed by atoms with Crippen LogP contribution in [0.4, 0.5) is 10.1 Å². The van der Waals surface area contributed by atoms with Gasteiger partial charge in [-0.25, -0.2) is 13.4 Å². The van der Waals surface area contributed by atoms with Crippen molar-refractivity contribution in [2.75, 3.05) is 17.4 Å². The van der Waals surface area contributed by atoms with Crippen LogP contribution in [-0.4, -0.2) is 38.6 Å². The lowest BCUT2D eigenvalue weighted by molar-refractivity contribution is -0.117. The molecule has 1 fully saturated rings. The smallest absolute Gasteiger partial charge is 0.326 e. The molecule has 0 aliphatic carbocycles. The molecule has 1 aromatic carbocycles. The molecule has 3 rings (SSSR count). The number of anilines is 1. The third-order valence-electron chi connectivity index (χ3n) is 3.88. The molecule has 0 spiro atoms. The summed E-state index contributed by atoms with van der Waals surface area (Å²) in [6, 6.07) is 1.41. The Balaban J connectivity index is 2.16. The Kier molecular flexibility index (Phi) is 3.48. The van der Waals surface area contributed by atoms with Crippen LogP contribution in [0, 0.1) is 5.82 Å². The zero-order chi connectivity index (χ0) is 16.1. The van der Waals surface area contributed by atoms with E-state index in [-0.39, 0.29) is 6.04 Å². The summed E-state index contributed by atoms with van der Waals surface area (Å²) in [5.41, 5.74) is 0.553. The summed E-state index contributed by atoms with van der Waals surface area (Å²) in [4.78, 5) is 11.3. The number of aromatic hydroxyl groups is 1. The van der Waals surface area contributed by atoms with Gasteiger partial charge in [0.15, 0.2) is 5.82 Å². The Labute approximate surface area is 127 Å². The fraction of sp³-hybridized carbons (Fsp3) is 0.462. The average molecular weight is 329 g/mol. The number of fused-ring (bicyclic) bond motifs is 1. The van der Waals surface area contributed by atoms with Crippen LogP contribution in [0.25, 0.3) is 0 Å². The molecule has 0 radical (unpaired) electrons. The summed E-state index contributed by atoms with van der Waals surface area (Å²) in [7, 11) is -4.17. The van der Waals surface area contributed by atoms with E-state index in [1.165, 1.54) is 6.07 Å². The van der Waals surface area contributed by atoms with E-state index in [4.69, 9.17) is 0 Å². The first-order chi connectivity index (χ1) is 10.3. The first kappa shape index (κ1) is 15.0. The minimum absolute atomic E-state index is 0.0306. The lowest BCUT2D eigenvalue weighted by atomic mass is 9.98. The summed E-state index contributed by atoms with van der Waals surface area (Å²) >= 11 is 0. The SMILES string of the molecule is CC1Cc2c(cc(O)c(N3CC(=O)NS3(=O)=O)c2F)CCN1. The second-order valence-corrected chi connectivity index (χ2v) is 7.14. The molecule has 0 aromatic heterocycles. The molecular formula is C13H16FN3O4S. The van der Waals surface area contributed by atoms with Crippen LogP contribution in [0.15, 0.2) is 6.07 Å². The monoisotopic (exact) mass is 329 g/mol. The molecule has 1 unspecified atom stereocenters. The standard InChI is InChI=1S/C13H16FN3O4S/c1-7-4-9-8(2-3-15-7)5-10(18)13(12(9)14)17-6-11(19)16-22(17,20)21/h5,7,15,18H,2-4,6H2,1H3,(H,16,19). The van der Waals surface area contributed by atoms with Gasteiger partial charge in [-0.1, -0.05) is 0 Å². The van der Waals surface area contributed by atoms with Crippen LogP contribution < -0.4 is 14.3 Å². The van der Waals surface area contributed by atoms with E-state index in [1.54, 1.807) is 4.72 Å². The van der Waals surface area contributed by atoms with E-state index >= 15 is 0 Å². The number of phenols is 1. The minimum Gasteiger partial charge on any atom is -0.506 e. The number of benzene rings is 1. The van der Waals surface area contributed by atoms with Gasteiger partial charge >= 0.3 is 10.2 Å². The number of amides is 1. The third-order valence-corrected chi connectivity index (χ3v) is 5.26. The van der Waals surface area contributed by atoms with Crippen molar-refractivity contribution in [3.63, 3.8) is 0 Å². The molecule has 1 amide bonds. The summed E-state index contributed by atoms with van der Waals surface area (Å²) in [6.07, 6.45) is 0.915. The van der Waals surface area contributed by atoms with Crippen LogP contribution in [0.2, 0.25) is 0 Å². The maximum absolute atomic E-state index is 14.9. The van der Waals surface area contributed by atoms with Gasteiger partial charge in [0.1, 0.15) is 18.0 Å². The summed E-state index contributed by atoms with van der Waals surface area (Å²) in [6.45, 7) is 2.01. The van der Waals surface area contributed by atoms with E-state index in [1.807, 2.05) is 6.92 Å². The number of carbonyl (C=O) groups is 1. The molecule has 3 N–H and O–H groups in total. The Morgan fingerprint density at radius 3 is 2.82 bits per heavy atom. The number of phenolic OH excluding ortho intramolecular Hbond substituents is 1. The van der Waals surface area contributed by atoms with Crippen molar-refractivity contribution in [1.29, 1.82) is 0 Å². The lowest BCUT2D eigenvalue weighted by Crippen LogP contribution is -2.31. The van der Waals surface area contributed by atoms with Crippen molar-refractivity contribution >= 4 is 21.8 Å². The lowest BCUT2D eigenvalue weighted by Gasteiger charge is -2.20. The molecule has 2 aliphatic rings. The fourth-order valence-corrected chi connectivity index (χ4v) is 4.04. The van der Waals surface area contributed by atoms with E-state index in [0.717, 1.165) is 0 Å². The van der Waals surface area contributed by atoms with E-state index in [0.29, 0.717) is 34.8 Å². The molecule has 1 atom stereocenters. The molecule has 2 aliphatic heterocycles. The average Bonchev–Trinajstić information content (AvgIpc) is 2.57. The quantitative estimate of drug-likeness (QED) is 0.662. The molecule has 2 heterocycles. The van der Waals surface area contributed by atoms with Gasteiger partial charge < -0.3 is 10.4 Å². The second-order valence-electron chi connectivity index (χ2n) is 5.54. The van der Waals surface area contributed by atoms with Crippen LogP contribution >= 0.6 is 0 Å². The predicted octanol–water partition coefficient (Wildman–Crippen LogP) is -0.211. The second kappa shape index (κ2) is 5.10. The Morgan fingerprint density at radius 2 is 2.18 bits per heavy atom. The summed E-state index contributed by atoms with van der Waals surface area (Å²) < 4.78 is 41.0. The molecule has 22 heavy (non-hydrogen) atoms. The molecule has 120 valence electrons. The van der Waals surface area contributed by atoms with Crippen molar-refractivity contribution < 1.29 is 22.7 Å². The first-order valence-electron chi connectivity index (χ1n) is 6.89. The Bertz CT molecular complexity index is 750. The number of nitrogens with one attached hydrogen (secondary N) is 2. The molecule has 0 bridgehead atoms. The zero-order valence-electron chi connectivity index (χ0n) is 11.9. The maximum Gasteiger partial charge on any atom is 0.326 e. The zero-order valence-corrected chi connectivity index (χ0v) is 12.7. The van der Waals surface area contributed by atoms with Gasteiger partial charge in [0.05, 0.1) is 0 Å². The largest absolute Gasteiger partial charge is 0.506 e. The molecular weight excluding hydrogens is 313 g/mol. The summed E-state index contributed by atoms with van der Waals surface area (Å²) in [5, 5.41) is 13.3. The number of hydrogen-bond acceptors (Lipinski definition) is 5. The summed E-state index contributed by atoms with van der Waals surface area (Å²) in [5.74, 6) is -2.03. The highest BCUT2D eigenvalue weighted by atomic mass is 32.2. The number of hydrogen-bond donors (Lipinski definition) is 3. The van der Waals surface area contributed by atoms with Gasteiger partial charge in [-0.05, 0) is 43.5 Å². The number of halogens is 1. The van der Waals surface area contributed by atoms with E-state index in [9.17, 15) is 22.7 Å². The maximum atomic E-state index is 14.9. The molecule has 9 heteroatoms. The molecule has 7 nitrogen and oxygen atoms in total. The minimum atomic E-state index is -4.17. The van der Waals surface area contributed by atoms with Gasteiger partial charge in [-0.2, -0.15) is 8.42 Å². The van der Waals surface area contributed by atoms with Gasteiger partial charge in [0.25, 0.3) is 5.91 Å². The van der Waals surface area contributed by atoms with Crippen molar-refractivity contribution in [2.24, 2.45) is 0 Å². The van der Waals surface area contributed by atoms with E-state index in [2.05, 4.69) is 5.32 Å². The van der Waals surface area contributed by atoms with Gasteiger partial charge in [0, 0.05) is 6.04 Å². The third kappa shape index (κ3) is 2.40.